The van der Waals surface area contributed by atoms with Gasteiger partial charge in [-0.15, -0.1) is 0 Å². The molecule has 114 valence electrons. The highest BCUT2D eigenvalue weighted by Gasteiger charge is 2.13. The standard InChI is InChI=1S/C16H16N2O3S/c1-3-16(19)17-13-6-8-14(9-7-13)18-22(20,21)15-10-4-12(2)5-11-15/h3-11,18H,1H2,2H3,(H,17,19). The molecule has 0 radical (unpaired) electrons. The van der Waals surface area contributed by atoms with Gasteiger partial charge in [0, 0.05) is 11.4 Å². The maximum Gasteiger partial charge on any atom is 0.261 e. The largest absolute Gasteiger partial charge is 0.323 e. The Bertz CT molecular complexity index is 779. The van der Waals surface area contributed by atoms with Crippen LogP contribution in [0.1, 0.15) is 5.56 Å². The minimum Gasteiger partial charge on any atom is -0.323 e. The van der Waals surface area contributed by atoms with Gasteiger partial charge >= 0.3 is 0 Å². The van der Waals surface area contributed by atoms with Gasteiger partial charge in [0.15, 0.2) is 0 Å². The van der Waals surface area contributed by atoms with Gasteiger partial charge in [0.1, 0.15) is 0 Å². The summed E-state index contributed by atoms with van der Waals surface area (Å²) < 4.78 is 26.9. The highest BCUT2D eigenvalue weighted by molar-refractivity contribution is 7.92. The predicted molar refractivity (Wildman–Crippen MR) is 87.3 cm³/mol. The summed E-state index contributed by atoms with van der Waals surface area (Å²) >= 11 is 0. The van der Waals surface area contributed by atoms with E-state index in [2.05, 4.69) is 16.6 Å². The molecule has 0 saturated carbocycles. The topological polar surface area (TPSA) is 75.3 Å². The van der Waals surface area contributed by atoms with Crippen molar-refractivity contribution >= 4 is 27.3 Å². The highest BCUT2D eigenvalue weighted by Crippen LogP contribution is 2.18. The number of sulfonamides is 1. The summed E-state index contributed by atoms with van der Waals surface area (Å²) in [6, 6.07) is 12.9. The molecular weight excluding hydrogens is 300 g/mol. The van der Waals surface area contributed by atoms with Crippen LogP contribution in [-0.2, 0) is 14.8 Å². The van der Waals surface area contributed by atoms with E-state index in [1.807, 2.05) is 6.92 Å². The molecule has 2 N–H and O–H groups in total. The van der Waals surface area contributed by atoms with Crippen LogP contribution in [0.2, 0.25) is 0 Å². The molecule has 0 unspecified atom stereocenters. The average Bonchev–Trinajstić information content (AvgIpc) is 2.49. The molecule has 0 aromatic heterocycles. The summed E-state index contributed by atoms with van der Waals surface area (Å²) in [5.74, 6) is -0.326. The molecule has 0 aliphatic carbocycles. The molecule has 1 amide bonds. The summed E-state index contributed by atoms with van der Waals surface area (Å²) in [7, 11) is -3.62. The van der Waals surface area contributed by atoms with Crippen molar-refractivity contribution in [2.24, 2.45) is 0 Å². The van der Waals surface area contributed by atoms with Crippen LogP contribution in [-0.4, -0.2) is 14.3 Å². The van der Waals surface area contributed by atoms with E-state index in [1.165, 1.54) is 0 Å². The van der Waals surface area contributed by atoms with Crippen LogP contribution in [0.15, 0.2) is 66.1 Å². The van der Waals surface area contributed by atoms with Crippen LogP contribution in [0, 0.1) is 6.92 Å². The van der Waals surface area contributed by atoms with Crippen molar-refractivity contribution in [2.75, 3.05) is 10.0 Å². The molecule has 22 heavy (non-hydrogen) atoms. The fraction of sp³-hybridized carbons (Fsp3) is 0.0625. The van der Waals surface area contributed by atoms with Crippen molar-refractivity contribution in [1.82, 2.24) is 0 Å². The molecule has 2 aromatic carbocycles. The number of aryl methyl sites for hydroxylation is 1. The molecular formula is C16H16N2O3S. The normalized spacial score (nSPS) is 10.8. The Morgan fingerprint density at radius 2 is 1.55 bits per heavy atom. The van der Waals surface area contributed by atoms with Crippen molar-refractivity contribution in [1.29, 1.82) is 0 Å². The molecule has 2 rings (SSSR count). The average molecular weight is 316 g/mol. The Morgan fingerprint density at radius 3 is 2.09 bits per heavy atom. The number of carbonyl (C=O) groups is 1. The lowest BCUT2D eigenvalue weighted by Gasteiger charge is -2.09. The fourth-order valence-corrected chi connectivity index (χ4v) is 2.81. The molecule has 0 spiro atoms. The lowest BCUT2D eigenvalue weighted by molar-refractivity contribution is -0.111. The maximum absolute atomic E-state index is 12.2. The van der Waals surface area contributed by atoms with E-state index in [0.29, 0.717) is 11.4 Å². The van der Waals surface area contributed by atoms with E-state index >= 15 is 0 Å². The summed E-state index contributed by atoms with van der Waals surface area (Å²) in [5, 5.41) is 2.59. The Labute approximate surface area is 129 Å². The zero-order valence-corrected chi connectivity index (χ0v) is 12.9. The molecule has 2 aromatic rings. The number of amides is 1. The third kappa shape index (κ3) is 3.95. The molecule has 5 nitrogen and oxygen atoms in total. The fourth-order valence-electron chi connectivity index (χ4n) is 1.75. The molecule has 0 fully saturated rings. The van der Waals surface area contributed by atoms with Crippen molar-refractivity contribution in [3.63, 3.8) is 0 Å². The van der Waals surface area contributed by atoms with E-state index < -0.39 is 10.0 Å². The van der Waals surface area contributed by atoms with Gasteiger partial charge in [-0.2, -0.15) is 0 Å². The van der Waals surface area contributed by atoms with Crippen LogP contribution in [0.4, 0.5) is 11.4 Å². The van der Waals surface area contributed by atoms with Gasteiger partial charge in [-0.25, -0.2) is 8.42 Å². The van der Waals surface area contributed by atoms with Crippen molar-refractivity contribution in [2.45, 2.75) is 11.8 Å². The highest BCUT2D eigenvalue weighted by atomic mass is 32.2. The second-order valence-corrected chi connectivity index (χ2v) is 6.37. The number of rotatable bonds is 5. The number of anilines is 2. The Morgan fingerprint density at radius 1 is 1.00 bits per heavy atom. The van der Waals surface area contributed by atoms with Crippen LogP contribution in [0.3, 0.4) is 0 Å². The molecule has 0 aliphatic heterocycles. The van der Waals surface area contributed by atoms with E-state index in [0.717, 1.165) is 11.6 Å². The lowest BCUT2D eigenvalue weighted by atomic mass is 10.2. The summed E-state index contributed by atoms with van der Waals surface area (Å²) in [4.78, 5) is 11.4. The van der Waals surface area contributed by atoms with Crippen molar-refractivity contribution in [3.8, 4) is 0 Å². The van der Waals surface area contributed by atoms with Gasteiger partial charge in [0.2, 0.25) is 5.91 Å². The first-order valence-corrected chi connectivity index (χ1v) is 8.02. The van der Waals surface area contributed by atoms with Gasteiger partial charge in [-0.05, 0) is 49.4 Å². The Hall–Kier alpha value is -2.60. The van der Waals surface area contributed by atoms with Crippen molar-refractivity contribution in [3.05, 3.63) is 66.7 Å². The van der Waals surface area contributed by atoms with Crippen LogP contribution in [0.5, 0.6) is 0 Å². The molecule has 6 heteroatoms. The van der Waals surface area contributed by atoms with Gasteiger partial charge in [0.25, 0.3) is 10.0 Å². The Balaban J connectivity index is 2.14. The van der Waals surface area contributed by atoms with E-state index in [-0.39, 0.29) is 10.8 Å². The number of hydrogen-bond acceptors (Lipinski definition) is 3. The quantitative estimate of drug-likeness (QED) is 0.833. The molecule has 0 aliphatic rings. The second kappa shape index (κ2) is 6.44. The zero-order valence-electron chi connectivity index (χ0n) is 12.0. The van der Waals surface area contributed by atoms with Crippen LogP contribution < -0.4 is 10.0 Å². The van der Waals surface area contributed by atoms with E-state index in [9.17, 15) is 13.2 Å². The Kier molecular flexibility index (Phi) is 4.62. The number of nitrogens with one attached hydrogen (secondary N) is 2. The zero-order chi connectivity index (χ0) is 16.2. The SMILES string of the molecule is C=CC(=O)Nc1ccc(NS(=O)(=O)c2ccc(C)cc2)cc1. The summed E-state index contributed by atoms with van der Waals surface area (Å²) in [6.07, 6.45) is 1.16. The first kappa shape index (κ1) is 15.8. The monoisotopic (exact) mass is 316 g/mol. The summed E-state index contributed by atoms with van der Waals surface area (Å²) in [6.45, 7) is 5.25. The first-order valence-electron chi connectivity index (χ1n) is 6.54. The molecule has 0 atom stereocenters. The molecule has 0 bridgehead atoms. The van der Waals surface area contributed by atoms with Crippen molar-refractivity contribution < 1.29 is 13.2 Å². The minimum atomic E-state index is -3.62. The van der Waals surface area contributed by atoms with Gasteiger partial charge in [-0.3, -0.25) is 9.52 Å². The third-order valence-electron chi connectivity index (χ3n) is 2.92. The number of hydrogen-bond donors (Lipinski definition) is 2. The van der Waals surface area contributed by atoms with Crippen LogP contribution >= 0.6 is 0 Å². The van der Waals surface area contributed by atoms with E-state index in [4.69, 9.17) is 0 Å². The minimum absolute atomic E-state index is 0.196. The van der Waals surface area contributed by atoms with Gasteiger partial charge < -0.3 is 5.32 Å². The smallest absolute Gasteiger partial charge is 0.261 e. The lowest BCUT2D eigenvalue weighted by Crippen LogP contribution is -2.13. The number of carbonyl (C=O) groups excluding carboxylic acids is 1. The molecule has 0 heterocycles. The van der Waals surface area contributed by atoms with Crippen LogP contribution in [0.25, 0.3) is 0 Å². The van der Waals surface area contributed by atoms with Gasteiger partial charge in [-0.1, -0.05) is 24.3 Å². The third-order valence-corrected chi connectivity index (χ3v) is 4.32. The summed E-state index contributed by atoms with van der Waals surface area (Å²) in [5.41, 5.74) is 1.96. The maximum atomic E-state index is 12.2. The predicted octanol–water partition coefficient (Wildman–Crippen LogP) is 2.92. The molecule has 0 saturated heterocycles. The van der Waals surface area contributed by atoms with Gasteiger partial charge in [0.05, 0.1) is 4.90 Å². The first-order chi connectivity index (χ1) is 10.4. The van der Waals surface area contributed by atoms with E-state index in [1.54, 1.807) is 48.5 Å². The number of benzene rings is 2. The second-order valence-electron chi connectivity index (χ2n) is 4.69.